The fraction of sp³-hybridized carbons (Fsp3) is 0.167. The minimum Gasteiger partial charge on any atom is -0.406 e. The molecular formula is C6H4BrF2NO. The summed E-state index contributed by atoms with van der Waals surface area (Å²) in [5, 5.41) is -3.35. The second-order valence-corrected chi connectivity index (χ2v) is 2.64. The molecule has 2 nitrogen and oxygen atoms in total. The molecule has 0 saturated heterocycles. The van der Waals surface area contributed by atoms with Crippen molar-refractivity contribution in [1.82, 2.24) is 4.98 Å². The van der Waals surface area contributed by atoms with Crippen LogP contribution in [0.2, 0.25) is 0 Å². The first-order valence-electron chi connectivity index (χ1n) is 2.75. The largest absolute Gasteiger partial charge is 0.460 e. The minimum atomic E-state index is -3.35. The van der Waals surface area contributed by atoms with Crippen LogP contribution in [-0.4, -0.2) is 10.0 Å². The van der Waals surface area contributed by atoms with Gasteiger partial charge in [-0.25, -0.2) is 4.98 Å². The average Bonchev–Trinajstić information content (AvgIpc) is 1.85. The molecule has 1 aromatic rings. The Bertz CT molecular complexity index is 224. The number of pyridine rings is 1. The predicted octanol–water partition coefficient (Wildman–Crippen LogP) is 2.41. The number of hydrogen-bond acceptors (Lipinski definition) is 2. The summed E-state index contributed by atoms with van der Waals surface area (Å²) >= 11 is 2.02. The molecule has 0 unspecified atom stereocenters. The molecule has 0 N–H and O–H groups in total. The van der Waals surface area contributed by atoms with Gasteiger partial charge in [-0.2, -0.15) is 8.78 Å². The van der Waals surface area contributed by atoms with E-state index in [1.807, 2.05) is 15.9 Å². The molecule has 0 aliphatic rings. The molecule has 1 heterocycles. The normalized spacial score (nSPS) is 11.2. The van der Waals surface area contributed by atoms with Crippen LogP contribution in [0.5, 0.6) is 5.88 Å². The molecule has 1 rings (SSSR count). The van der Waals surface area contributed by atoms with Gasteiger partial charge in [0.15, 0.2) is 0 Å². The maximum atomic E-state index is 12.1. The van der Waals surface area contributed by atoms with Crippen molar-refractivity contribution in [3.8, 4) is 5.88 Å². The van der Waals surface area contributed by atoms with Crippen LogP contribution in [-0.2, 0) is 0 Å². The van der Waals surface area contributed by atoms with Gasteiger partial charge >= 0.3 is 5.02 Å². The highest BCUT2D eigenvalue weighted by molar-refractivity contribution is 9.09. The summed E-state index contributed by atoms with van der Waals surface area (Å²) in [4.78, 5) is 3.53. The van der Waals surface area contributed by atoms with Crippen molar-refractivity contribution in [3.05, 3.63) is 24.4 Å². The van der Waals surface area contributed by atoms with Gasteiger partial charge in [-0.05, 0) is 6.07 Å². The highest BCUT2D eigenvalue weighted by Gasteiger charge is 2.26. The Morgan fingerprint density at radius 2 is 2.18 bits per heavy atom. The zero-order chi connectivity index (χ0) is 8.32. The van der Waals surface area contributed by atoms with Crippen molar-refractivity contribution in [3.63, 3.8) is 0 Å². The Morgan fingerprint density at radius 1 is 1.45 bits per heavy atom. The highest BCUT2D eigenvalue weighted by atomic mass is 79.9. The molecule has 0 amide bonds. The topological polar surface area (TPSA) is 22.1 Å². The summed E-state index contributed by atoms with van der Waals surface area (Å²) < 4.78 is 28.2. The number of alkyl halides is 3. The summed E-state index contributed by atoms with van der Waals surface area (Å²) in [6.07, 6.45) is 1.37. The lowest BCUT2D eigenvalue weighted by atomic mass is 10.5. The number of ether oxygens (including phenoxy) is 1. The summed E-state index contributed by atoms with van der Waals surface area (Å²) in [6.45, 7) is 0. The molecule has 0 spiro atoms. The first-order valence-corrected chi connectivity index (χ1v) is 3.54. The zero-order valence-corrected chi connectivity index (χ0v) is 6.88. The van der Waals surface area contributed by atoms with Crippen molar-refractivity contribution in [2.75, 3.05) is 0 Å². The van der Waals surface area contributed by atoms with Crippen molar-refractivity contribution in [2.45, 2.75) is 5.02 Å². The number of rotatable bonds is 2. The first-order chi connectivity index (χ1) is 5.08. The quantitative estimate of drug-likeness (QED) is 0.719. The van der Waals surface area contributed by atoms with Crippen LogP contribution in [0.4, 0.5) is 8.78 Å². The van der Waals surface area contributed by atoms with Crippen molar-refractivity contribution < 1.29 is 13.5 Å². The van der Waals surface area contributed by atoms with Crippen LogP contribution >= 0.6 is 15.9 Å². The molecule has 0 aromatic carbocycles. The Balaban J connectivity index is 2.66. The van der Waals surface area contributed by atoms with Gasteiger partial charge in [-0.3, -0.25) is 0 Å². The number of hydrogen-bond donors (Lipinski definition) is 0. The lowest BCUT2D eigenvalue weighted by molar-refractivity contribution is -0.0830. The molecular weight excluding hydrogens is 220 g/mol. The van der Waals surface area contributed by atoms with E-state index in [1.54, 1.807) is 12.1 Å². The summed E-state index contributed by atoms with van der Waals surface area (Å²) in [5.74, 6) is -0.116. The van der Waals surface area contributed by atoms with E-state index in [2.05, 4.69) is 9.72 Å². The fourth-order valence-electron chi connectivity index (χ4n) is 0.526. The molecule has 0 saturated carbocycles. The fourth-order valence-corrected chi connectivity index (χ4v) is 0.692. The van der Waals surface area contributed by atoms with E-state index < -0.39 is 5.02 Å². The Morgan fingerprint density at radius 3 is 2.64 bits per heavy atom. The molecule has 0 aliphatic carbocycles. The van der Waals surface area contributed by atoms with Crippen molar-refractivity contribution in [2.24, 2.45) is 0 Å². The number of nitrogens with zero attached hydrogens (tertiary/aromatic N) is 1. The number of halogens is 3. The lowest BCUT2D eigenvalue weighted by Crippen LogP contribution is -2.15. The van der Waals surface area contributed by atoms with E-state index in [0.717, 1.165) is 0 Å². The van der Waals surface area contributed by atoms with E-state index in [9.17, 15) is 8.78 Å². The number of aromatic nitrogens is 1. The van der Waals surface area contributed by atoms with Crippen LogP contribution in [0, 0.1) is 0 Å². The van der Waals surface area contributed by atoms with Crippen LogP contribution in [0.25, 0.3) is 0 Å². The first kappa shape index (κ1) is 8.39. The SMILES string of the molecule is FC(F)(Br)Oc1ccccn1. The summed E-state index contributed by atoms with van der Waals surface area (Å²) in [5.41, 5.74) is 0. The standard InChI is InChI=1S/C6H4BrF2NO/c7-6(8,9)11-5-3-1-2-4-10-5/h1-4H. The minimum absolute atomic E-state index is 0.116. The smallest absolute Gasteiger partial charge is 0.406 e. The Hall–Kier alpha value is -0.710. The lowest BCUT2D eigenvalue weighted by Gasteiger charge is -2.08. The summed E-state index contributed by atoms with van der Waals surface area (Å²) in [7, 11) is 0. The van der Waals surface area contributed by atoms with Gasteiger partial charge in [0.25, 0.3) is 0 Å². The summed E-state index contributed by atoms with van der Waals surface area (Å²) in [6, 6.07) is 4.51. The Labute approximate surface area is 70.3 Å². The van der Waals surface area contributed by atoms with E-state index in [-0.39, 0.29) is 5.88 Å². The third-order valence-corrected chi connectivity index (χ3v) is 1.02. The molecule has 0 aliphatic heterocycles. The maximum Gasteiger partial charge on any atom is 0.460 e. The van der Waals surface area contributed by atoms with Crippen LogP contribution < -0.4 is 4.74 Å². The molecule has 0 fully saturated rings. The molecule has 0 radical (unpaired) electrons. The molecule has 1 aromatic heterocycles. The highest BCUT2D eigenvalue weighted by Crippen LogP contribution is 2.24. The second kappa shape index (κ2) is 3.13. The van der Waals surface area contributed by atoms with E-state index in [1.165, 1.54) is 12.3 Å². The molecule has 0 atom stereocenters. The van der Waals surface area contributed by atoms with Gasteiger partial charge in [0.1, 0.15) is 0 Å². The van der Waals surface area contributed by atoms with Crippen LogP contribution in [0.15, 0.2) is 24.4 Å². The van der Waals surface area contributed by atoms with E-state index in [0.29, 0.717) is 0 Å². The molecule has 60 valence electrons. The van der Waals surface area contributed by atoms with E-state index >= 15 is 0 Å². The van der Waals surface area contributed by atoms with Gasteiger partial charge in [0.2, 0.25) is 5.88 Å². The van der Waals surface area contributed by atoms with Crippen molar-refractivity contribution >= 4 is 15.9 Å². The van der Waals surface area contributed by atoms with E-state index in [4.69, 9.17) is 0 Å². The van der Waals surface area contributed by atoms with Crippen LogP contribution in [0.3, 0.4) is 0 Å². The predicted molar refractivity (Wildman–Crippen MR) is 38.7 cm³/mol. The Kier molecular flexibility index (Phi) is 2.38. The molecule has 11 heavy (non-hydrogen) atoms. The zero-order valence-electron chi connectivity index (χ0n) is 5.30. The van der Waals surface area contributed by atoms with Gasteiger partial charge < -0.3 is 4.74 Å². The van der Waals surface area contributed by atoms with Gasteiger partial charge in [-0.1, -0.05) is 6.07 Å². The second-order valence-electron chi connectivity index (χ2n) is 1.72. The maximum absolute atomic E-state index is 12.1. The van der Waals surface area contributed by atoms with Gasteiger partial charge in [0.05, 0.1) is 0 Å². The van der Waals surface area contributed by atoms with Crippen molar-refractivity contribution in [1.29, 1.82) is 0 Å². The third kappa shape index (κ3) is 3.27. The van der Waals surface area contributed by atoms with Gasteiger partial charge in [0, 0.05) is 28.2 Å². The molecule has 0 bridgehead atoms. The third-order valence-electron chi connectivity index (χ3n) is 0.858. The monoisotopic (exact) mass is 223 g/mol. The average molecular weight is 224 g/mol. The van der Waals surface area contributed by atoms with Gasteiger partial charge in [-0.15, -0.1) is 0 Å². The van der Waals surface area contributed by atoms with Crippen LogP contribution in [0.1, 0.15) is 0 Å². The molecule has 5 heteroatoms.